The van der Waals surface area contributed by atoms with Gasteiger partial charge in [0.2, 0.25) is 0 Å². The van der Waals surface area contributed by atoms with Crippen molar-refractivity contribution in [3.05, 3.63) is 59.2 Å². The van der Waals surface area contributed by atoms with Gasteiger partial charge in [-0.2, -0.15) is 0 Å². The maximum absolute atomic E-state index is 13.2. The van der Waals surface area contributed by atoms with Crippen molar-refractivity contribution in [3.63, 3.8) is 0 Å². The normalized spacial score (nSPS) is 17.0. The van der Waals surface area contributed by atoms with E-state index in [4.69, 9.17) is 18.9 Å². The molecule has 1 atom stereocenters. The lowest BCUT2D eigenvalue weighted by Crippen LogP contribution is -2.31. The first-order chi connectivity index (χ1) is 17.0. The van der Waals surface area contributed by atoms with Crippen LogP contribution in [0.3, 0.4) is 0 Å². The Morgan fingerprint density at radius 2 is 1.71 bits per heavy atom. The number of methoxy groups -OCH3 is 2. The van der Waals surface area contributed by atoms with Crippen LogP contribution in [0.2, 0.25) is 0 Å². The molecule has 2 aromatic carbocycles. The van der Waals surface area contributed by atoms with Crippen molar-refractivity contribution in [3.8, 4) is 17.2 Å². The molecule has 2 aromatic rings. The lowest BCUT2D eigenvalue weighted by Gasteiger charge is -2.26. The van der Waals surface area contributed by atoms with Crippen LogP contribution in [0.5, 0.6) is 17.2 Å². The number of carbonyl (C=O) groups excluding carboxylic acids is 2. The van der Waals surface area contributed by atoms with E-state index in [1.165, 1.54) is 12.0 Å². The number of Topliss-reactive ketones (excluding diaryl/α,β-unsaturated/α-hetero) is 1. The highest BCUT2D eigenvalue weighted by molar-refractivity contribution is 6.46. The van der Waals surface area contributed by atoms with Crippen molar-refractivity contribution in [1.82, 2.24) is 4.90 Å². The lowest BCUT2D eigenvalue weighted by atomic mass is 9.95. The van der Waals surface area contributed by atoms with Gasteiger partial charge in [0, 0.05) is 25.8 Å². The molecule has 1 saturated heterocycles. The minimum Gasteiger partial charge on any atom is -0.507 e. The second-order valence-corrected chi connectivity index (χ2v) is 8.05. The maximum atomic E-state index is 13.2. The average molecular weight is 484 g/mol. The van der Waals surface area contributed by atoms with Crippen molar-refractivity contribution in [2.24, 2.45) is 0 Å². The van der Waals surface area contributed by atoms with Crippen LogP contribution in [0, 0.1) is 0 Å². The summed E-state index contributed by atoms with van der Waals surface area (Å²) in [6.45, 7) is 5.65. The molecule has 1 N–H and O–H groups in total. The number of ketones is 1. The van der Waals surface area contributed by atoms with Crippen molar-refractivity contribution < 1.29 is 33.6 Å². The maximum Gasteiger partial charge on any atom is 0.295 e. The second kappa shape index (κ2) is 12.3. The fourth-order valence-corrected chi connectivity index (χ4v) is 4.05. The third kappa shape index (κ3) is 5.77. The third-order valence-corrected chi connectivity index (χ3v) is 5.69. The van der Waals surface area contributed by atoms with Crippen LogP contribution in [0.4, 0.5) is 0 Å². The largest absolute Gasteiger partial charge is 0.507 e. The topological polar surface area (TPSA) is 94.5 Å². The van der Waals surface area contributed by atoms with Gasteiger partial charge in [0.15, 0.2) is 11.5 Å². The highest BCUT2D eigenvalue weighted by Crippen LogP contribution is 2.42. The highest BCUT2D eigenvalue weighted by Gasteiger charge is 2.46. The number of carbonyl (C=O) groups is 2. The molecule has 0 radical (unpaired) electrons. The molecule has 1 fully saturated rings. The predicted molar refractivity (Wildman–Crippen MR) is 132 cm³/mol. The summed E-state index contributed by atoms with van der Waals surface area (Å²) in [4.78, 5) is 27.7. The zero-order chi connectivity index (χ0) is 25.4. The van der Waals surface area contributed by atoms with E-state index in [2.05, 4.69) is 0 Å². The molecule has 35 heavy (non-hydrogen) atoms. The van der Waals surface area contributed by atoms with Crippen LogP contribution in [-0.2, 0) is 14.3 Å². The van der Waals surface area contributed by atoms with Gasteiger partial charge in [0.1, 0.15) is 11.5 Å². The molecule has 0 aromatic heterocycles. The number of aliphatic hydroxyl groups is 1. The number of nitrogens with zero attached hydrogens (tertiary/aromatic N) is 1. The Hall–Kier alpha value is -3.52. The first-order valence-electron chi connectivity index (χ1n) is 11.8. The Morgan fingerprint density at radius 1 is 0.971 bits per heavy atom. The van der Waals surface area contributed by atoms with Crippen LogP contribution >= 0.6 is 0 Å². The highest BCUT2D eigenvalue weighted by atomic mass is 16.5. The summed E-state index contributed by atoms with van der Waals surface area (Å²) >= 11 is 0. The van der Waals surface area contributed by atoms with E-state index in [0.29, 0.717) is 61.2 Å². The van der Waals surface area contributed by atoms with Gasteiger partial charge >= 0.3 is 0 Å². The Morgan fingerprint density at radius 3 is 2.34 bits per heavy atom. The fraction of sp³-hybridized carbons (Fsp3) is 0.407. The van der Waals surface area contributed by atoms with Gasteiger partial charge in [0.25, 0.3) is 11.7 Å². The molecule has 1 heterocycles. The molecule has 3 rings (SSSR count). The SMILES string of the molecule is CCCOc1ccc(/C(O)=C2\C(=O)C(=O)N(CCCOC)C2c2ccc(OCC)c(OC)c2)cc1. The van der Waals surface area contributed by atoms with E-state index >= 15 is 0 Å². The molecule has 188 valence electrons. The summed E-state index contributed by atoms with van der Waals surface area (Å²) in [7, 11) is 3.11. The van der Waals surface area contributed by atoms with Crippen LogP contribution in [0.1, 0.15) is 43.9 Å². The van der Waals surface area contributed by atoms with Gasteiger partial charge in [-0.25, -0.2) is 0 Å². The van der Waals surface area contributed by atoms with Crippen molar-refractivity contribution in [1.29, 1.82) is 0 Å². The van der Waals surface area contributed by atoms with E-state index < -0.39 is 17.7 Å². The van der Waals surface area contributed by atoms with Crippen LogP contribution < -0.4 is 14.2 Å². The summed E-state index contributed by atoms with van der Waals surface area (Å²) in [5.74, 6) is 0.0585. The molecule has 0 spiro atoms. The third-order valence-electron chi connectivity index (χ3n) is 5.69. The van der Waals surface area contributed by atoms with Crippen molar-refractivity contribution in [2.75, 3.05) is 40.6 Å². The van der Waals surface area contributed by atoms with Crippen molar-refractivity contribution >= 4 is 17.4 Å². The Kier molecular flexibility index (Phi) is 9.14. The quantitative estimate of drug-likeness (QED) is 0.208. The summed E-state index contributed by atoms with van der Waals surface area (Å²) < 4.78 is 21.8. The van der Waals surface area contributed by atoms with Crippen molar-refractivity contribution in [2.45, 2.75) is 32.7 Å². The van der Waals surface area contributed by atoms with Crippen LogP contribution in [0.25, 0.3) is 5.76 Å². The summed E-state index contributed by atoms with van der Waals surface area (Å²) in [5, 5.41) is 11.2. The van der Waals surface area contributed by atoms with E-state index in [9.17, 15) is 14.7 Å². The minimum absolute atomic E-state index is 0.0286. The first-order valence-corrected chi connectivity index (χ1v) is 11.8. The van der Waals surface area contributed by atoms with E-state index in [0.717, 1.165) is 6.42 Å². The Bertz CT molecular complexity index is 1060. The lowest BCUT2D eigenvalue weighted by molar-refractivity contribution is -0.140. The standard InChI is InChI=1S/C27H33NO7/c1-5-15-35-20-11-8-18(9-12-20)25(29)23-24(28(14-7-16-32-3)27(31)26(23)30)19-10-13-21(34-6-2)22(17-19)33-4/h8-13,17,24,29H,5-7,14-16H2,1-4H3/b25-23+. The second-order valence-electron chi connectivity index (χ2n) is 8.05. The molecule has 8 nitrogen and oxygen atoms in total. The molecule has 1 aliphatic rings. The molecule has 1 amide bonds. The predicted octanol–water partition coefficient (Wildman–Crippen LogP) is 4.34. The van der Waals surface area contributed by atoms with Gasteiger partial charge < -0.3 is 29.0 Å². The molecule has 1 unspecified atom stereocenters. The molecular formula is C27H33NO7. The van der Waals surface area contributed by atoms with E-state index in [1.807, 2.05) is 13.8 Å². The van der Waals surface area contributed by atoms with Crippen LogP contribution in [-0.4, -0.2) is 62.3 Å². The van der Waals surface area contributed by atoms with Gasteiger partial charge in [-0.3, -0.25) is 9.59 Å². The van der Waals surface area contributed by atoms with Crippen LogP contribution in [0.15, 0.2) is 48.0 Å². The number of hydrogen-bond donors (Lipinski definition) is 1. The zero-order valence-electron chi connectivity index (χ0n) is 20.7. The fourth-order valence-electron chi connectivity index (χ4n) is 4.05. The number of ether oxygens (including phenoxy) is 4. The monoisotopic (exact) mass is 483 g/mol. The number of rotatable bonds is 12. The molecule has 8 heteroatoms. The molecular weight excluding hydrogens is 450 g/mol. The molecule has 0 aliphatic carbocycles. The number of benzene rings is 2. The number of aliphatic hydroxyl groups excluding tert-OH is 1. The summed E-state index contributed by atoms with van der Waals surface area (Å²) in [5.41, 5.74) is 1.08. The zero-order valence-corrected chi connectivity index (χ0v) is 20.7. The average Bonchev–Trinajstić information content (AvgIpc) is 3.13. The van der Waals surface area contributed by atoms with Gasteiger partial charge in [0.05, 0.1) is 31.9 Å². The molecule has 1 aliphatic heterocycles. The summed E-state index contributed by atoms with van der Waals surface area (Å²) in [6.07, 6.45) is 1.41. The number of hydrogen-bond acceptors (Lipinski definition) is 7. The van der Waals surface area contributed by atoms with Gasteiger partial charge in [-0.05, 0) is 61.7 Å². The Balaban J connectivity index is 2.08. The van der Waals surface area contributed by atoms with Gasteiger partial charge in [-0.15, -0.1) is 0 Å². The number of likely N-dealkylation sites (tertiary alicyclic amines) is 1. The molecule has 0 bridgehead atoms. The minimum atomic E-state index is -0.785. The smallest absolute Gasteiger partial charge is 0.295 e. The summed E-state index contributed by atoms with van der Waals surface area (Å²) in [6, 6.07) is 11.3. The van der Waals surface area contributed by atoms with E-state index in [-0.39, 0.29) is 11.3 Å². The van der Waals surface area contributed by atoms with E-state index in [1.54, 1.807) is 49.6 Å². The molecule has 0 saturated carbocycles. The van der Waals surface area contributed by atoms with Gasteiger partial charge in [-0.1, -0.05) is 13.0 Å². The first kappa shape index (κ1) is 26.1. The Labute approximate surface area is 206 Å². The number of amides is 1.